The van der Waals surface area contributed by atoms with Crippen molar-refractivity contribution in [3.05, 3.63) is 52.6 Å². The van der Waals surface area contributed by atoms with Crippen LogP contribution >= 0.6 is 11.6 Å². The highest BCUT2D eigenvalue weighted by molar-refractivity contribution is 6.34. The van der Waals surface area contributed by atoms with Gasteiger partial charge in [-0.05, 0) is 37.5 Å². The number of benzene rings is 2. The minimum atomic E-state index is -3.96. The molecule has 1 saturated heterocycles. The van der Waals surface area contributed by atoms with Gasteiger partial charge >= 0.3 is 12.2 Å². The molecule has 1 fully saturated rings. The second kappa shape index (κ2) is 12.5. The van der Waals surface area contributed by atoms with Crippen LogP contribution < -0.4 is 15.6 Å². The molecular formula is C22H22ClF6N3O3. The highest BCUT2D eigenvalue weighted by Crippen LogP contribution is 2.30. The van der Waals surface area contributed by atoms with E-state index in [9.17, 15) is 36.1 Å². The van der Waals surface area contributed by atoms with Crippen LogP contribution in [0.1, 0.15) is 43.0 Å². The number of carbonyl (C=O) groups excluding carboxylic acids is 2. The van der Waals surface area contributed by atoms with E-state index in [2.05, 4.69) is 15.6 Å². The van der Waals surface area contributed by atoms with Crippen molar-refractivity contribution in [1.29, 1.82) is 0 Å². The average molecular weight is 526 g/mol. The molecule has 2 N–H and O–H groups in total. The topological polar surface area (TPSA) is 70.7 Å². The second-order valence-corrected chi connectivity index (χ2v) is 7.81. The van der Waals surface area contributed by atoms with E-state index < -0.39 is 47.5 Å². The van der Waals surface area contributed by atoms with Gasteiger partial charge in [0.2, 0.25) is 0 Å². The number of nitrogens with one attached hydrogen (secondary N) is 2. The van der Waals surface area contributed by atoms with Crippen molar-refractivity contribution < 1.29 is 41.0 Å². The predicted molar refractivity (Wildman–Crippen MR) is 118 cm³/mol. The molecule has 0 spiro atoms. The molecule has 0 aliphatic carbocycles. The van der Waals surface area contributed by atoms with E-state index in [1.54, 1.807) is 0 Å². The predicted octanol–water partition coefficient (Wildman–Crippen LogP) is 7.11. The van der Waals surface area contributed by atoms with Crippen molar-refractivity contribution in [2.45, 2.75) is 38.8 Å². The molecule has 6 nitrogen and oxygen atoms in total. The zero-order valence-electron chi connectivity index (χ0n) is 18.4. The number of urea groups is 1. The summed E-state index contributed by atoms with van der Waals surface area (Å²) in [6.07, 6.45) is -2.00. The lowest BCUT2D eigenvalue weighted by Gasteiger charge is -2.27. The van der Waals surface area contributed by atoms with Gasteiger partial charge in [0.05, 0.1) is 22.0 Å². The van der Waals surface area contributed by atoms with E-state index in [-0.39, 0.29) is 16.4 Å². The summed E-state index contributed by atoms with van der Waals surface area (Å²) in [6, 6.07) is 4.73. The van der Waals surface area contributed by atoms with Gasteiger partial charge in [0.15, 0.2) is 5.75 Å². The number of likely N-dealkylation sites (tertiary alicyclic amines) is 1. The van der Waals surface area contributed by atoms with Crippen LogP contribution in [0, 0.1) is 11.6 Å². The first-order chi connectivity index (χ1) is 16.5. The molecule has 1 heterocycles. The summed E-state index contributed by atoms with van der Waals surface area (Å²) in [5.41, 5.74) is -1.24. The number of amides is 3. The number of anilines is 2. The highest BCUT2D eigenvalue weighted by atomic mass is 35.5. The Balaban J connectivity index is 0.000000641. The number of rotatable bonds is 4. The zero-order valence-corrected chi connectivity index (χ0v) is 19.2. The molecule has 35 heavy (non-hydrogen) atoms. The van der Waals surface area contributed by atoms with E-state index >= 15 is 0 Å². The Hall–Kier alpha value is -3.15. The number of alkyl halides is 3. The number of hydrogen-bond donors (Lipinski definition) is 2. The van der Waals surface area contributed by atoms with E-state index in [1.165, 1.54) is 17.0 Å². The van der Waals surface area contributed by atoms with Crippen molar-refractivity contribution in [3.8, 4) is 5.75 Å². The molecule has 0 radical (unpaired) electrons. The summed E-state index contributed by atoms with van der Waals surface area (Å²) in [4.78, 5) is 29.8. The first kappa shape index (κ1) is 28.1. The molecular weight excluding hydrogens is 504 g/mol. The summed E-state index contributed by atoms with van der Waals surface area (Å²) in [5.74, 6) is -3.50. The molecule has 2 aromatic carbocycles. The van der Waals surface area contributed by atoms with Crippen molar-refractivity contribution in [2.24, 2.45) is 0 Å². The molecule has 0 aromatic heterocycles. The Bertz CT molecular complexity index is 1030. The third-order valence-electron chi connectivity index (χ3n) is 4.88. The van der Waals surface area contributed by atoms with E-state index in [4.69, 9.17) is 11.6 Å². The van der Waals surface area contributed by atoms with Crippen LogP contribution in [-0.4, -0.2) is 36.1 Å². The second-order valence-electron chi connectivity index (χ2n) is 7.40. The van der Waals surface area contributed by atoms with Gasteiger partial charge in [0.1, 0.15) is 11.6 Å². The third-order valence-corrected chi connectivity index (χ3v) is 5.20. The van der Waals surface area contributed by atoms with E-state index in [0.717, 1.165) is 38.3 Å². The van der Waals surface area contributed by atoms with Crippen LogP contribution in [0.5, 0.6) is 5.75 Å². The largest absolute Gasteiger partial charge is 0.388 e. The molecule has 0 bridgehead atoms. The summed E-state index contributed by atoms with van der Waals surface area (Å²) >= 11 is 5.84. The van der Waals surface area contributed by atoms with Gasteiger partial charge in [-0.25, -0.2) is 13.6 Å². The average Bonchev–Trinajstić information content (AvgIpc) is 2.82. The van der Waals surface area contributed by atoms with Gasteiger partial charge in [0, 0.05) is 30.1 Å². The summed E-state index contributed by atoms with van der Waals surface area (Å²) < 4.78 is 73.7. The summed E-state index contributed by atoms with van der Waals surface area (Å²) in [7, 11) is 0. The number of carbonyl (C=O) groups is 2. The highest BCUT2D eigenvalue weighted by Gasteiger charge is 2.24. The normalized spacial score (nSPS) is 13.4. The quantitative estimate of drug-likeness (QED) is 0.418. The van der Waals surface area contributed by atoms with Crippen molar-refractivity contribution in [1.82, 2.24) is 4.90 Å². The number of para-hydroxylation sites is 1. The first-order valence-corrected chi connectivity index (χ1v) is 10.8. The maximum Gasteiger partial charge on any atom is 0.388 e. The number of nitrogens with zero attached hydrogens (tertiary/aromatic N) is 1. The first-order valence-electron chi connectivity index (χ1n) is 10.5. The minimum Gasteiger partial charge on any atom is -0.325 e. The molecule has 192 valence electrons. The fourth-order valence-electron chi connectivity index (χ4n) is 2.98. The van der Waals surface area contributed by atoms with Crippen LogP contribution in [-0.2, 0) is 0 Å². The minimum absolute atomic E-state index is 0.0908. The van der Waals surface area contributed by atoms with E-state index in [1.807, 2.05) is 0 Å². The lowest BCUT2D eigenvalue weighted by Crippen LogP contribution is -2.38. The molecule has 3 rings (SSSR count). The Morgan fingerprint density at radius 3 is 2.23 bits per heavy atom. The van der Waals surface area contributed by atoms with Crippen LogP contribution in [0.2, 0.25) is 5.02 Å². The third kappa shape index (κ3) is 8.23. The van der Waals surface area contributed by atoms with Gasteiger partial charge in [-0.3, -0.25) is 9.74 Å². The van der Waals surface area contributed by atoms with Crippen molar-refractivity contribution >= 4 is 34.9 Å². The molecule has 2 aromatic rings. The summed E-state index contributed by atoms with van der Waals surface area (Å²) in [5, 5.41) is 4.40. The Morgan fingerprint density at radius 1 is 1.06 bits per heavy atom. The number of piperidine rings is 1. The van der Waals surface area contributed by atoms with Crippen molar-refractivity contribution in [2.75, 3.05) is 23.7 Å². The maximum atomic E-state index is 14.5. The Labute approximate surface area is 202 Å². The van der Waals surface area contributed by atoms with Crippen LogP contribution in [0.4, 0.5) is 42.6 Å². The SMILES string of the molecule is CCC(F)(F)F.O=C(Nc1c(F)cccc1Cl)c1cc(F)c(NC(=O)N2CCCCC2)cc1OF. The molecule has 0 atom stereocenters. The fraction of sp³-hybridized carbons (Fsp3) is 0.364. The van der Waals surface area contributed by atoms with Gasteiger partial charge in [-0.15, -0.1) is 0 Å². The van der Waals surface area contributed by atoms with E-state index in [0.29, 0.717) is 19.2 Å². The molecule has 1 aliphatic heterocycles. The fourth-order valence-corrected chi connectivity index (χ4v) is 3.19. The lowest BCUT2D eigenvalue weighted by molar-refractivity contribution is -0.130. The molecule has 0 saturated carbocycles. The lowest BCUT2D eigenvalue weighted by atomic mass is 10.1. The zero-order chi connectivity index (χ0) is 26.2. The van der Waals surface area contributed by atoms with Crippen LogP contribution in [0.3, 0.4) is 0 Å². The molecule has 0 unspecified atom stereocenters. The van der Waals surface area contributed by atoms with Crippen LogP contribution in [0.25, 0.3) is 0 Å². The maximum absolute atomic E-state index is 14.5. The molecule has 1 aliphatic rings. The molecule has 3 amide bonds. The van der Waals surface area contributed by atoms with Crippen LogP contribution in [0.15, 0.2) is 30.3 Å². The number of hydrogen-bond acceptors (Lipinski definition) is 3. The van der Waals surface area contributed by atoms with Gasteiger partial charge < -0.3 is 15.5 Å². The standard InChI is InChI=1S/C19H17ClF3N3O3.C3H5F3/c20-12-5-4-6-13(21)17(12)25-18(27)11-9-14(22)15(10-16(11)29-23)24-19(28)26-7-2-1-3-8-26;1-2-3(4,5)6/h4-6,9-10H,1-3,7-8H2,(H,24,28)(H,25,27);2H2,1H3. The Morgan fingerprint density at radius 2 is 1.69 bits per heavy atom. The van der Waals surface area contributed by atoms with Crippen molar-refractivity contribution in [3.63, 3.8) is 0 Å². The Kier molecular flexibility index (Phi) is 10.1. The monoisotopic (exact) mass is 525 g/mol. The van der Waals surface area contributed by atoms with Gasteiger partial charge in [-0.2, -0.15) is 13.2 Å². The van der Waals surface area contributed by atoms with Gasteiger partial charge in [0.25, 0.3) is 5.91 Å². The molecule has 13 heteroatoms. The van der Waals surface area contributed by atoms with Gasteiger partial charge in [-0.1, -0.05) is 24.6 Å². The smallest absolute Gasteiger partial charge is 0.325 e. The number of halogens is 7. The summed E-state index contributed by atoms with van der Waals surface area (Å²) in [6.45, 7) is 2.15.